The molecule has 0 bridgehead atoms. The molecule has 6 rings (SSSR count). The number of nitrogens with zero attached hydrogens (tertiary/aromatic N) is 4. The van der Waals surface area contributed by atoms with E-state index in [1.54, 1.807) is 0 Å². The molecule has 0 saturated heterocycles. The standard InChI is InChI=1S/C22H12N4/c1-3-7-17-15(5-1)23-19-11-9-14-13(21(19)25-17)10-12-20-22(14)26-18-8-4-2-6-16(18)24-20/h1-12H. The van der Waals surface area contributed by atoms with Gasteiger partial charge in [0.15, 0.2) is 0 Å². The first-order valence-electron chi connectivity index (χ1n) is 8.51. The fourth-order valence-corrected chi connectivity index (χ4v) is 3.57. The fourth-order valence-electron chi connectivity index (χ4n) is 3.57. The third-order valence-corrected chi connectivity index (χ3v) is 4.81. The highest BCUT2D eigenvalue weighted by Gasteiger charge is 2.10. The van der Waals surface area contributed by atoms with Crippen LogP contribution < -0.4 is 0 Å². The lowest BCUT2D eigenvalue weighted by Crippen LogP contribution is -1.92. The summed E-state index contributed by atoms with van der Waals surface area (Å²) in [5.74, 6) is 0. The van der Waals surface area contributed by atoms with Crippen LogP contribution in [0.4, 0.5) is 0 Å². The Labute approximate surface area is 148 Å². The molecule has 2 heterocycles. The van der Waals surface area contributed by atoms with Crippen molar-refractivity contribution in [2.45, 2.75) is 0 Å². The maximum atomic E-state index is 4.86. The molecule has 4 nitrogen and oxygen atoms in total. The molecule has 4 aromatic carbocycles. The zero-order valence-electron chi connectivity index (χ0n) is 13.7. The molecule has 26 heavy (non-hydrogen) atoms. The lowest BCUT2D eigenvalue weighted by molar-refractivity contribution is 1.39. The Bertz CT molecular complexity index is 1370. The average Bonchev–Trinajstić information content (AvgIpc) is 2.70. The largest absolute Gasteiger partial charge is 0.244 e. The van der Waals surface area contributed by atoms with E-state index >= 15 is 0 Å². The highest BCUT2D eigenvalue weighted by molar-refractivity contribution is 6.15. The van der Waals surface area contributed by atoms with Gasteiger partial charge in [-0.25, -0.2) is 19.9 Å². The van der Waals surface area contributed by atoms with E-state index in [9.17, 15) is 0 Å². The molecule has 120 valence electrons. The summed E-state index contributed by atoms with van der Waals surface area (Å²) in [7, 11) is 0. The Hall–Kier alpha value is -3.66. The predicted octanol–water partition coefficient (Wildman–Crippen LogP) is 5.03. The minimum Gasteiger partial charge on any atom is -0.244 e. The van der Waals surface area contributed by atoms with E-state index in [4.69, 9.17) is 19.9 Å². The molecule has 0 amide bonds. The van der Waals surface area contributed by atoms with Crippen LogP contribution in [0.5, 0.6) is 0 Å². The summed E-state index contributed by atoms with van der Waals surface area (Å²) in [5.41, 5.74) is 7.20. The van der Waals surface area contributed by atoms with Gasteiger partial charge < -0.3 is 0 Å². The van der Waals surface area contributed by atoms with Crippen molar-refractivity contribution in [2.75, 3.05) is 0 Å². The first-order valence-corrected chi connectivity index (χ1v) is 8.51. The van der Waals surface area contributed by atoms with E-state index in [-0.39, 0.29) is 0 Å². The van der Waals surface area contributed by atoms with Gasteiger partial charge in [0.1, 0.15) is 0 Å². The van der Waals surface area contributed by atoms with Crippen LogP contribution in [0.3, 0.4) is 0 Å². The molecule has 0 aliphatic heterocycles. The van der Waals surface area contributed by atoms with Gasteiger partial charge in [-0.15, -0.1) is 0 Å². The molecule has 2 aromatic heterocycles. The van der Waals surface area contributed by atoms with Crippen LogP contribution >= 0.6 is 0 Å². The first kappa shape index (κ1) is 13.6. The molecule has 6 aromatic rings. The average molecular weight is 332 g/mol. The van der Waals surface area contributed by atoms with Gasteiger partial charge in [0.25, 0.3) is 0 Å². The van der Waals surface area contributed by atoms with Gasteiger partial charge in [0.2, 0.25) is 0 Å². The lowest BCUT2D eigenvalue weighted by Gasteiger charge is -2.08. The number of para-hydroxylation sites is 4. The molecule has 0 aliphatic carbocycles. The first-order chi connectivity index (χ1) is 12.9. The molecule has 0 N–H and O–H groups in total. The van der Waals surface area contributed by atoms with Crippen LogP contribution in [0, 0.1) is 0 Å². The highest BCUT2D eigenvalue weighted by atomic mass is 14.8. The molecule has 0 saturated carbocycles. The maximum absolute atomic E-state index is 4.86. The zero-order valence-corrected chi connectivity index (χ0v) is 13.7. The predicted molar refractivity (Wildman–Crippen MR) is 105 cm³/mol. The number of hydrogen-bond donors (Lipinski definition) is 0. The van der Waals surface area contributed by atoms with Crippen molar-refractivity contribution >= 4 is 54.9 Å². The van der Waals surface area contributed by atoms with Gasteiger partial charge in [-0.1, -0.05) is 24.3 Å². The van der Waals surface area contributed by atoms with Crippen LogP contribution in [0.15, 0.2) is 72.8 Å². The van der Waals surface area contributed by atoms with E-state index < -0.39 is 0 Å². The summed E-state index contributed by atoms with van der Waals surface area (Å²) in [6, 6.07) is 24.1. The van der Waals surface area contributed by atoms with Gasteiger partial charge in [0.05, 0.1) is 44.1 Å². The van der Waals surface area contributed by atoms with E-state index in [2.05, 4.69) is 12.1 Å². The normalized spacial score (nSPS) is 11.8. The van der Waals surface area contributed by atoms with Crippen LogP contribution in [-0.4, -0.2) is 19.9 Å². The Morgan fingerprint density at radius 3 is 1.15 bits per heavy atom. The Morgan fingerprint density at radius 2 is 0.731 bits per heavy atom. The number of benzene rings is 4. The van der Waals surface area contributed by atoms with E-state index in [0.29, 0.717) is 0 Å². The molecule has 0 unspecified atom stereocenters. The smallest absolute Gasteiger partial charge is 0.0973 e. The summed E-state index contributed by atoms with van der Waals surface area (Å²) in [4.78, 5) is 19.2. The van der Waals surface area contributed by atoms with Crippen molar-refractivity contribution < 1.29 is 0 Å². The Kier molecular flexibility index (Phi) is 2.58. The van der Waals surface area contributed by atoms with Crippen molar-refractivity contribution in [1.82, 2.24) is 19.9 Å². The molecule has 0 aliphatic rings. The van der Waals surface area contributed by atoms with Gasteiger partial charge in [-0.2, -0.15) is 0 Å². The quantitative estimate of drug-likeness (QED) is 0.289. The van der Waals surface area contributed by atoms with Gasteiger partial charge in [-0.3, -0.25) is 0 Å². The Balaban J connectivity index is 1.80. The molecule has 0 spiro atoms. The fraction of sp³-hybridized carbons (Fsp3) is 0. The maximum Gasteiger partial charge on any atom is 0.0973 e. The van der Waals surface area contributed by atoms with Gasteiger partial charge in [0, 0.05) is 10.8 Å². The minimum absolute atomic E-state index is 0.893. The van der Waals surface area contributed by atoms with Crippen molar-refractivity contribution in [3.63, 3.8) is 0 Å². The molecule has 0 fully saturated rings. The zero-order chi connectivity index (χ0) is 17.1. The van der Waals surface area contributed by atoms with Crippen molar-refractivity contribution in [1.29, 1.82) is 0 Å². The van der Waals surface area contributed by atoms with Crippen LogP contribution in [0.25, 0.3) is 54.9 Å². The second-order valence-corrected chi connectivity index (χ2v) is 6.39. The van der Waals surface area contributed by atoms with Crippen molar-refractivity contribution in [3.8, 4) is 0 Å². The van der Waals surface area contributed by atoms with E-state index in [1.165, 1.54) is 0 Å². The van der Waals surface area contributed by atoms with Crippen LogP contribution in [0.2, 0.25) is 0 Å². The number of hydrogen-bond acceptors (Lipinski definition) is 4. The number of fused-ring (bicyclic) bond motifs is 7. The van der Waals surface area contributed by atoms with Crippen LogP contribution in [0.1, 0.15) is 0 Å². The lowest BCUT2D eigenvalue weighted by atomic mass is 10.1. The Morgan fingerprint density at radius 1 is 0.346 bits per heavy atom. The summed E-state index contributed by atoms with van der Waals surface area (Å²) < 4.78 is 0. The molecular weight excluding hydrogens is 320 g/mol. The third-order valence-electron chi connectivity index (χ3n) is 4.81. The third kappa shape index (κ3) is 1.84. The summed E-state index contributed by atoms with van der Waals surface area (Å²) in [6.07, 6.45) is 0. The number of aromatic nitrogens is 4. The summed E-state index contributed by atoms with van der Waals surface area (Å²) in [6.45, 7) is 0. The van der Waals surface area contributed by atoms with Crippen molar-refractivity contribution in [2.24, 2.45) is 0 Å². The van der Waals surface area contributed by atoms with Gasteiger partial charge >= 0.3 is 0 Å². The number of rotatable bonds is 0. The van der Waals surface area contributed by atoms with Crippen molar-refractivity contribution in [3.05, 3.63) is 72.8 Å². The minimum atomic E-state index is 0.893. The molecule has 0 radical (unpaired) electrons. The SMILES string of the molecule is c1ccc2nc3c(ccc4c3ccc3nc5ccccc5nc34)nc2c1. The van der Waals surface area contributed by atoms with E-state index in [1.807, 2.05) is 60.7 Å². The monoisotopic (exact) mass is 332 g/mol. The van der Waals surface area contributed by atoms with E-state index in [0.717, 1.165) is 54.9 Å². The molecule has 4 heteroatoms. The topological polar surface area (TPSA) is 51.6 Å². The molecular formula is C22H12N4. The van der Waals surface area contributed by atoms with Gasteiger partial charge in [-0.05, 0) is 48.5 Å². The highest BCUT2D eigenvalue weighted by Crippen LogP contribution is 2.30. The molecule has 0 atom stereocenters. The van der Waals surface area contributed by atoms with Crippen LogP contribution in [-0.2, 0) is 0 Å². The summed E-state index contributed by atoms with van der Waals surface area (Å²) >= 11 is 0. The summed E-state index contributed by atoms with van der Waals surface area (Å²) in [5, 5.41) is 2.11. The second kappa shape index (κ2) is 4.92. The second-order valence-electron chi connectivity index (χ2n) is 6.39.